The molecule has 0 aliphatic heterocycles. The molecule has 2 heteroatoms. The highest BCUT2D eigenvalue weighted by molar-refractivity contribution is 6.25. The number of hydrogen-bond donors (Lipinski definition) is 0. The largest absolute Gasteiger partial charge is 0.309 e. The average Bonchev–Trinajstić information content (AvgIpc) is 3.76. The second-order valence-corrected chi connectivity index (χ2v) is 14.2. The van der Waals surface area contributed by atoms with Crippen LogP contribution in [0.25, 0.3) is 99.1 Å². The highest BCUT2D eigenvalue weighted by atomic mass is 15.0. The fourth-order valence-electron chi connectivity index (χ4n) is 8.57. The molecule has 0 aliphatic rings. The monoisotopic (exact) mass is 686 g/mol. The number of nitrogens with zero attached hydrogens (tertiary/aromatic N) is 2. The SMILES string of the molecule is c1ccc(-c2cc(-c3ccccc3)cc(-c3ccc(-n4c5ccccc5c5cc6c7c8ccccc8ccc7n(-c7ccccc7)c6cc54)cc3)c2)cc1. The topological polar surface area (TPSA) is 9.86 Å². The second kappa shape index (κ2) is 12.2. The molecule has 9 aromatic carbocycles. The third-order valence-electron chi connectivity index (χ3n) is 11.1. The molecule has 2 nitrogen and oxygen atoms in total. The van der Waals surface area contributed by atoms with Gasteiger partial charge < -0.3 is 9.13 Å². The van der Waals surface area contributed by atoms with Gasteiger partial charge >= 0.3 is 0 Å². The molecule has 0 atom stereocenters. The van der Waals surface area contributed by atoms with Crippen LogP contribution in [0.2, 0.25) is 0 Å². The van der Waals surface area contributed by atoms with Crippen molar-refractivity contribution in [3.05, 3.63) is 206 Å². The van der Waals surface area contributed by atoms with Crippen molar-refractivity contribution in [1.29, 1.82) is 0 Å². The molecule has 0 N–H and O–H groups in total. The first-order valence-electron chi connectivity index (χ1n) is 18.6. The van der Waals surface area contributed by atoms with Crippen LogP contribution in [0.4, 0.5) is 0 Å². The Bertz CT molecular complexity index is 3110. The molecule has 0 amide bonds. The zero-order valence-corrected chi connectivity index (χ0v) is 29.5. The zero-order chi connectivity index (χ0) is 35.6. The summed E-state index contributed by atoms with van der Waals surface area (Å²) in [5.74, 6) is 0. The van der Waals surface area contributed by atoms with E-state index in [2.05, 4.69) is 215 Å². The molecule has 11 aromatic rings. The Morgan fingerprint density at radius 2 is 0.741 bits per heavy atom. The zero-order valence-electron chi connectivity index (χ0n) is 29.5. The van der Waals surface area contributed by atoms with Gasteiger partial charge in [0.15, 0.2) is 0 Å². The third-order valence-corrected chi connectivity index (χ3v) is 11.1. The summed E-state index contributed by atoms with van der Waals surface area (Å²) < 4.78 is 4.88. The second-order valence-electron chi connectivity index (χ2n) is 14.2. The van der Waals surface area contributed by atoms with Gasteiger partial charge in [-0.15, -0.1) is 0 Å². The molecular formula is C52H34N2. The highest BCUT2D eigenvalue weighted by Crippen LogP contribution is 2.42. The van der Waals surface area contributed by atoms with Crippen molar-refractivity contribution in [3.8, 4) is 44.8 Å². The van der Waals surface area contributed by atoms with Crippen LogP contribution >= 0.6 is 0 Å². The van der Waals surface area contributed by atoms with Crippen LogP contribution in [0, 0.1) is 0 Å². The molecule has 0 unspecified atom stereocenters. The van der Waals surface area contributed by atoms with Crippen LogP contribution in [0.3, 0.4) is 0 Å². The lowest BCUT2D eigenvalue weighted by Crippen LogP contribution is -1.96. The molecule has 2 aromatic heterocycles. The summed E-state index contributed by atoms with van der Waals surface area (Å²) in [5, 5.41) is 7.60. The van der Waals surface area contributed by atoms with Gasteiger partial charge in [-0.1, -0.05) is 140 Å². The Labute approximate surface area is 313 Å². The number of para-hydroxylation sites is 2. The van der Waals surface area contributed by atoms with Crippen LogP contribution in [0.15, 0.2) is 206 Å². The Hall–Kier alpha value is -7.16. The number of fused-ring (bicyclic) bond motifs is 8. The number of rotatable bonds is 5. The van der Waals surface area contributed by atoms with E-state index in [4.69, 9.17) is 0 Å². The van der Waals surface area contributed by atoms with Gasteiger partial charge in [0.05, 0.1) is 22.1 Å². The van der Waals surface area contributed by atoms with Crippen molar-refractivity contribution in [3.63, 3.8) is 0 Å². The standard InChI is InChI=1S/C52H34N2/c1-4-14-35(15-5-1)39-30-40(36-16-6-2-7-17-36)32-41(31-39)37-24-27-43(28-25-37)53-48-23-13-12-22-45(48)46-33-47-51(34-50(46)53)54(42-19-8-3-9-20-42)49-29-26-38-18-10-11-21-44(38)52(47)49/h1-34H. The summed E-state index contributed by atoms with van der Waals surface area (Å²) in [7, 11) is 0. The summed E-state index contributed by atoms with van der Waals surface area (Å²) in [4.78, 5) is 0. The average molecular weight is 687 g/mol. The van der Waals surface area contributed by atoms with E-state index in [0.717, 1.165) is 11.4 Å². The summed E-state index contributed by atoms with van der Waals surface area (Å²) >= 11 is 0. The van der Waals surface area contributed by atoms with Crippen molar-refractivity contribution in [2.24, 2.45) is 0 Å². The van der Waals surface area contributed by atoms with Crippen molar-refractivity contribution in [1.82, 2.24) is 9.13 Å². The molecule has 0 saturated heterocycles. The normalized spacial score (nSPS) is 11.7. The summed E-state index contributed by atoms with van der Waals surface area (Å²) in [6.07, 6.45) is 0. The first kappa shape index (κ1) is 30.5. The molecule has 0 spiro atoms. The molecule has 0 saturated carbocycles. The van der Waals surface area contributed by atoms with Gasteiger partial charge in [0.2, 0.25) is 0 Å². The van der Waals surface area contributed by atoms with Gasteiger partial charge in [0.1, 0.15) is 0 Å². The van der Waals surface area contributed by atoms with E-state index < -0.39 is 0 Å². The van der Waals surface area contributed by atoms with Crippen molar-refractivity contribution >= 4 is 54.4 Å². The van der Waals surface area contributed by atoms with Gasteiger partial charge in [-0.3, -0.25) is 0 Å². The smallest absolute Gasteiger partial charge is 0.0562 e. The molecule has 0 aliphatic carbocycles. The maximum Gasteiger partial charge on any atom is 0.0562 e. The maximum absolute atomic E-state index is 2.44. The van der Waals surface area contributed by atoms with Gasteiger partial charge in [0, 0.05) is 32.9 Å². The van der Waals surface area contributed by atoms with Crippen LogP contribution < -0.4 is 0 Å². The van der Waals surface area contributed by atoms with Crippen molar-refractivity contribution in [2.45, 2.75) is 0 Å². The molecule has 0 fully saturated rings. The Balaban J connectivity index is 1.13. The maximum atomic E-state index is 2.44. The lowest BCUT2D eigenvalue weighted by atomic mass is 9.93. The first-order chi connectivity index (χ1) is 26.8. The Kier molecular flexibility index (Phi) is 6.90. The van der Waals surface area contributed by atoms with E-state index >= 15 is 0 Å². The molecule has 252 valence electrons. The lowest BCUT2D eigenvalue weighted by Gasteiger charge is -2.13. The van der Waals surface area contributed by atoms with E-state index in [9.17, 15) is 0 Å². The Morgan fingerprint density at radius 3 is 1.41 bits per heavy atom. The Morgan fingerprint density at radius 1 is 0.241 bits per heavy atom. The molecule has 0 bridgehead atoms. The van der Waals surface area contributed by atoms with Crippen LogP contribution in [-0.2, 0) is 0 Å². The van der Waals surface area contributed by atoms with Crippen molar-refractivity contribution in [2.75, 3.05) is 0 Å². The minimum absolute atomic E-state index is 1.14. The number of hydrogen-bond acceptors (Lipinski definition) is 0. The van der Waals surface area contributed by atoms with Gasteiger partial charge in [-0.05, 0) is 111 Å². The molecule has 2 heterocycles. The number of benzene rings is 9. The first-order valence-corrected chi connectivity index (χ1v) is 18.6. The molecule has 0 radical (unpaired) electrons. The van der Waals surface area contributed by atoms with Gasteiger partial charge in [0.25, 0.3) is 0 Å². The summed E-state index contributed by atoms with van der Waals surface area (Å²) in [6.45, 7) is 0. The predicted octanol–water partition coefficient (Wildman–Crippen LogP) is 14.0. The minimum atomic E-state index is 1.14. The predicted molar refractivity (Wildman–Crippen MR) is 229 cm³/mol. The van der Waals surface area contributed by atoms with E-state index in [1.807, 2.05) is 0 Å². The summed E-state index contributed by atoms with van der Waals surface area (Å²) in [5.41, 5.74) is 14.3. The molecular weight excluding hydrogens is 653 g/mol. The quantitative estimate of drug-likeness (QED) is 0.171. The van der Waals surface area contributed by atoms with Crippen molar-refractivity contribution < 1.29 is 0 Å². The summed E-state index contributed by atoms with van der Waals surface area (Å²) in [6, 6.07) is 75.2. The van der Waals surface area contributed by atoms with E-state index in [-0.39, 0.29) is 0 Å². The fourth-order valence-corrected chi connectivity index (χ4v) is 8.57. The van der Waals surface area contributed by atoms with Gasteiger partial charge in [-0.2, -0.15) is 0 Å². The van der Waals surface area contributed by atoms with E-state index in [1.54, 1.807) is 0 Å². The van der Waals surface area contributed by atoms with E-state index in [0.29, 0.717) is 0 Å². The third kappa shape index (κ3) is 4.81. The minimum Gasteiger partial charge on any atom is -0.309 e. The van der Waals surface area contributed by atoms with Crippen LogP contribution in [0.5, 0.6) is 0 Å². The van der Waals surface area contributed by atoms with E-state index in [1.165, 1.54) is 87.8 Å². The lowest BCUT2D eigenvalue weighted by molar-refractivity contribution is 1.16. The fraction of sp³-hybridized carbons (Fsp3) is 0. The molecule has 54 heavy (non-hydrogen) atoms. The highest BCUT2D eigenvalue weighted by Gasteiger charge is 2.20. The van der Waals surface area contributed by atoms with Crippen LogP contribution in [-0.4, -0.2) is 9.13 Å². The van der Waals surface area contributed by atoms with Crippen LogP contribution in [0.1, 0.15) is 0 Å². The molecule has 11 rings (SSSR count). The number of aromatic nitrogens is 2. The van der Waals surface area contributed by atoms with Gasteiger partial charge in [-0.25, -0.2) is 0 Å².